The van der Waals surface area contributed by atoms with E-state index in [4.69, 9.17) is 28.3 Å². The average molecular weight is 724 g/mol. The van der Waals surface area contributed by atoms with Gasteiger partial charge in [0.15, 0.2) is 0 Å². The summed E-state index contributed by atoms with van der Waals surface area (Å²) < 4.78 is 31.2. The summed E-state index contributed by atoms with van der Waals surface area (Å²) in [6.45, 7) is 3.66. The monoisotopic (exact) mass is 722 g/mol. The van der Waals surface area contributed by atoms with Crippen LogP contribution in [0.15, 0.2) is 60.7 Å². The molecular formula is C39H38Cl2F2N2O5. The Morgan fingerprint density at radius 2 is 1.14 bits per heavy atom. The number of β-amino-alcohol motifs (C(OH)–C–C–N with tert-alkyl or cyclic N) is 2. The standard InChI is InChI=1S/C39H38Cl2F2N2O5/c1-22(46)12-27(47)18-44-10-8-23-13-25(15-35(42)33(23)20-44)29-4-2-6-31(38(29)40)32-7-3-5-30(39(32)41)26-14-24-9-11-45(19-28(48)17-37(49)50)21-34(24)36(43)16-26/h2-7,13-16,27-28,47-48H,8-12,17-21H2,1H3,(H,49,50). The minimum absolute atomic E-state index is 0.0703. The lowest BCUT2D eigenvalue weighted by Gasteiger charge is -2.31. The second kappa shape index (κ2) is 15.3. The summed E-state index contributed by atoms with van der Waals surface area (Å²) >= 11 is 14.1. The van der Waals surface area contributed by atoms with E-state index in [0.29, 0.717) is 93.6 Å². The van der Waals surface area contributed by atoms with E-state index in [0.717, 1.165) is 11.1 Å². The average Bonchev–Trinajstić information content (AvgIpc) is 3.05. The number of aliphatic hydroxyl groups is 2. The summed E-state index contributed by atoms with van der Waals surface area (Å²) in [5, 5.41) is 30.1. The number of rotatable bonds is 11. The van der Waals surface area contributed by atoms with Gasteiger partial charge >= 0.3 is 5.97 Å². The molecule has 4 aromatic rings. The van der Waals surface area contributed by atoms with E-state index in [1.165, 1.54) is 19.1 Å². The van der Waals surface area contributed by atoms with Gasteiger partial charge in [-0.3, -0.25) is 19.4 Å². The van der Waals surface area contributed by atoms with Crippen molar-refractivity contribution in [2.24, 2.45) is 0 Å². The number of carbonyl (C=O) groups is 2. The number of carboxylic acid groups (broad SMARTS) is 1. The lowest BCUT2D eigenvalue weighted by atomic mass is 9.91. The predicted octanol–water partition coefficient (Wildman–Crippen LogP) is 7.16. The van der Waals surface area contributed by atoms with Crippen LogP contribution in [0.5, 0.6) is 0 Å². The molecule has 0 fully saturated rings. The van der Waals surface area contributed by atoms with Gasteiger partial charge in [-0.15, -0.1) is 0 Å². The first-order valence-electron chi connectivity index (χ1n) is 16.6. The lowest BCUT2D eigenvalue weighted by molar-refractivity contribution is -0.139. The smallest absolute Gasteiger partial charge is 0.306 e. The molecule has 4 aromatic carbocycles. The molecule has 2 atom stereocenters. The Morgan fingerprint density at radius 1 is 0.720 bits per heavy atom. The van der Waals surface area contributed by atoms with Crippen LogP contribution in [-0.2, 0) is 35.5 Å². The molecule has 0 amide bonds. The number of ketones is 1. The number of hydrogen-bond donors (Lipinski definition) is 3. The largest absolute Gasteiger partial charge is 0.481 e. The van der Waals surface area contributed by atoms with Crippen molar-refractivity contribution < 1.29 is 33.7 Å². The topological polar surface area (TPSA) is 101 Å². The van der Waals surface area contributed by atoms with Crippen LogP contribution in [0.1, 0.15) is 42.0 Å². The van der Waals surface area contributed by atoms with Crippen LogP contribution < -0.4 is 0 Å². The third kappa shape index (κ3) is 7.94. The summed E-state index contributed by atoms with van der Waals surface area (Å²) in [7, 11) is 0. The van der Waals surface area contributed by atoms with Crippen LogP contribution in [0, 0.1) is 11.6 Å². The van der Waals surface area contributed by atoms with E-state index in [-0.39, 0.29) is 37.5 Å². The maximum atomic E-state index is 15.6. The van der Waals surface area contributed by atoms with Gasteiger partial charge in [-0.05, 0) is 54.2 Å². The van der Waals surface area contributed by atoms with Gasteiger partial charge in [-0.25, -0.2) is 8.78 Å². The molecule has 3 N–H and O–H groups in total. The minimum atomic E-state index is -1.08. The summed E-state index contributed by atoms with van der Waals surface area (Å²) in [4.78, 5) is 26.2. The molecule has 0 saturated carbocycles. The first kappa shape index (κ1) is 36.1. The molecule has 0 radical (unpaired) electrons. The quantitative estimate of drug-likeness (QED) is 0.151. The number of hydrogen-bond acceptors (Lipinski definition) is 6. The van der Waals surface area contributed by atoms with E-state index in [2.05, 4.69) is 0 Å². The minimum Gasteiger partial charge on any atom is -0.481 e. The zero-order chi connectivity index (χ0) is 35.7. The summed E-state index contributed by atoms with van der Waals surface area (Å²) in [5.41, 5.74) is 6.59. The fourth-order valence-electron chi connectivity index (χ4n) is 7.16. The number of fused-ring (bicyclic) bond motifs is 2. The van der Waals surface area contributed by atoms with Crippen LogP contribution in [-0.4, -0.2) is 75.3 Å². The molecule has 0 saturated heterocycles. The van der Waals surface area contributed by atoms with Gasteiger partial charge in [0.2, 0.25) is 0 Å². The molecule has 2 unspecified atom stereocenters. The first-order valence-corrected chi connectivity index (χ1v) is 17.4. The Hall–Kier alpha value is -3.70. The Labute approximate surface area is 299 Å². The van der Waals surface area contributed by atoms with Crippen LogP contribution in [0.25, 0.3) is 33.4 Å². The van der Waals surface area contributed by atoms with E-state index >= 15 is 8.78 Å². The fourth-order valence-corrected chi connectivity index (χ4v) is 7.83. The van der Waals surface area contributed by atoms with Crippen LogP contribution in [0.4, 0.5) is 8.78 Å². The van der Waals surface area contributed by atoms with Gasteiger partial charge in [0.1, 0.15) is 17.4 Å². The zero-order valence-corrected chi connectivity index (χ0v) is 29.1. The van der Waals surface area contributed by atoms with Crippen molar-refractivity contribution in [3.05, 3.63) is 105 Å². The highest BCUT2D eigenvalue weighted by atomic mass is 35.5. The number of benzene rings is 4. The number of carboxylic acids is 1. The number of nitrogens with zero attached hydrogens (tertiary/aromatic N) is 2. The highest BCUT2D eigenvalue weighted by Gasteiger charge is 2.26. The molecule has 2 aliphatic heterocycles. The number of halogens is 4. The maximum Gasteiger partial charge on any atom is 0.306 e. The number of Topliss-reactive ketones (excluding diaryl/α,β-unsaturated/α-hetero) is 1. The maximum absolute atomic E-state index is 15.6. The SMILES string of the molecule is CC(=O)CC(O)CN1CCc2cc(-c3cccc(-c4cccc(-c5cc(F)c6c(c5)CCN(CC(O)CC(=O)O)C6)c4Cl)c3Cl)cc(F)c2C1. The van der Waals surface area contributed by atoms with Crippen molar-refractivity contribution in [3.8, 4) is 33.4 Å². The second-order valence-electron chi connectivity index (χ2n) is 13.3. The van der Waals surface area contributed by atoms with Gasteiger partial charge < -0.3 is 15.3 Å². The highest BCUT2D eigenvalue weighted by Crippen LogP contribution is 2.43. The van der Waals surface area contributed by atoms with Crippen LogP contribution in [0.3, 0.4) is 0 Å². The summed E-state index contributed by atoms with van der Waals surface area (Å²) in [6.07, 6.45) is -1.01. The van der Waals surface area contributed by atoms with Gasteiger partial charge in [0.05, 0.1) is 28.7 Å². The van der Waals surface area contributed by atoms with E-state index in [1.54, 1.807) is 0 Å². The molecule has 2 heterocycles. The number of carbonyl (C=O) groups excluding carboxylic acids is 1. The highest BCUT2D eigenvalue weighted by molar-refractivity contribution is 6.39. The third-order valence-electron chi connectivity index (χ3n) is 9.51. The summed E-state index contributed by atoms with van der Waals surface area (Å²) in [5.74, 6) is -1.94. The molecule has 0 bridgehead atoms. The first-order chi connectivity index (χ1) is 23.9. The molecular weight excluding hydrogens is 685 g/mol. The van der Waals surface area contributed by atoms with Gasteiger partial charge in [0, 0.05) is 79.1 Å². The number of aliphatic hydroxyl groups excluding tert-OH is 2. The number of aliphatic carboxylic acids is 1. The molecule has 6 rings (SSSR count). The molecule has 7 nitrogen and oxygen atoms in total. The Kier molecular flexibility index (Phi) is 11.0. The fraction of sp³-hybridized carbons (Fsp3) is 0.333. The van der Waals surface area contributed by atoms with E-state index < -0.39 is 24.0 Å². The van der Waals surface area contributed by atoms with Crippen molar-refractivity contribution >= 4 is 35.0 Å². The second-order valence-corrected chi connectivity index (χ2v) is 14.1. The Morgan fingerprint density at radius 3 is 1.56 bits per heavy atom. The molecule has 50 heavy (non-hydrogen) atoms. The van der Waals surface area contributed by atoms with Gasteiger partial charge in [-0.1, -0.05) is 71.7 Å². The lowest BCUT2D eigenvalue weighted by Crippen LogP contribution is -2.37. The molecule has 0 aromatic heterocycles. The third-order valence-corrected chi connectivity index (χ3v) is 10.3. The summed E-state index contributed by atoms with van der Waals surface area (Å²) in [6, 6.07) is 17.8. The van der Waals surface area contributed by atoms with Crippen molar-refractivity contribution in [2.75, 3.05) is 26.2 Å². The normalized spacial score (nSPS) is 16.1. The molecule has 11 heteroatoms. The van der Waals surface area contributed by atoms with Gasteiger partial charge in [0.25, 0.3) is 0 Å². The van der Waals surface area contributed by atoms with Crippen LogP contribution >= 0.6 is 23.2 Å². The van der Waals surface area contributed by atoms with Crippen molar-refractivity contribution in [1.82, 2.24) is 9.80 Å². The van der Waals surface area contributed by atoms with Crippen molar-refractivity contribution in [3.63, 3.8) is 0 Å². The van der Waals surface area contributed by atoms with E-state index in [9.17, 15) is 19.8 Å². The molecule has 0 aliphatic carbocycles. The van der Waals surface area contributed by atoms with E-state index in [1.807, 2.05) is 58.3 Å². The molecule has 262 valence electrons. The Balaban J connectivity index is 1.25. The Bertz CT molecular complexity index is 1820. The molecule has 0 spiro atoms. The van der Waals surface area contributed by atoms with Crippen molar-refractivity contribution in [2.45, 2.75) is 57.9 Å². The zero-order valence-electron chi connectivity index (χ0n) is 27.6. The molecule has 2 aliphatic rings. The van der Waals surface area contributed by atoms with Crippen molar-refractivity contribution in [1.29, 1.82) is 0 Å². The predicted molar refractivity (Wildman–Crippen MR) is 190 cm³/mol. The van der Waals surface area contributed by atoms with Gasteiger partial charge in [-0.2, -0.15) is 0 Å². The van der Waals surface area contributed by atoms with Crippen LogP contribution in [0.2, 0.25) is 10.0 Å².